The predicted octanol–water partition coefficient (Wildman–Crippen LogP) is 2.57. The Balaban J connectivity index is 0.00000208. The first kappa shape index (κ1) is 19.2. The molecular weight excluding hydrogens is 348 g/mol. The number of benzene rings is 1. The van der Waals surface area contributed by atoms with E-state index >= 15 is 0 Å². The van der Waals surface area contributed by atoms with Gasteiger partial charge in [-0.2, -0.15) is 0 Å². The molecule has 1 aromatic carbocycles. The van der Waals surface area contributed by atoms with Crippen molar-refractivity contribution in [1.29, 1.82) is 0 Å². The van der Waals surface area contributed by atoms with Gasteiger partial charge in [-0.15, -0.1) is 24.2 Å². The summed E-state index contributed by atoms with van der Waals surface area (Å²) in [6.45, 7) is 6.10. The van der Waals surface area contributed by atoms with Crippen molar-refractivity contribution in [3.05, 3.63) is 18.2 Å². The maximum absolute atomic E-state index is 12.3. The fourth-order valence-electron chi connectivity index (χ4n) is 2.84. The van der Waals surface area contributed by atoms with Gasteiger partial charge in [-0.25, -0.2) is 0 Å². The molecule has 0 saturated carbocycles. The summed E-state index contributed by atoms with van der Waals surface area (Å²) in [5, 5.41) is 3.31. The first-order valence-electron chi connectivity index (χ1n) is 8.26. The lowest BCUT2D eigenvalue weighted by atomic mass is 10.2. The smallest absolute Gasteiger partial charge is 0.223 e. The monoisotopic (exact) mass is 372 g/mol. The Kier molecular flexibility index (Phi) is 7.52. The van der Waals surface area contributed by atoms with Crippen LogP contribution in [0.15, 0.2) is 23.1 Å². The van der Waals surface area contributed by atoms with Crippen LogP contribution in [0.25, 0.3) is 0 Å². The van der Waals surface area contributed by atoms with Crippen molar-refractivity contribution in [2.24, 2.45) is 0 Å². The van der Waals surface area contributed by atoms with Crippen LogP contribution in [0, 0.1) is 0 Å². The van der Waals surface area contributed by atoms with Crippen molar-refractivity contribution >= 4 is 30.1 Å². The van der Waals surface area contributed by atoms with Gasteiger partial charge < -0.3 is 19.7 Å². The average Bonchev–Trinajstić information content (AvgIpc) is 2.80. The van der Waals surface area contributed by atoms with Gasteiger partial charge in [0.2, 0.25) is 5.91 Å². The number of hydrogen-bond donors (Lipinski definition) is 1. The van der Waals surface area contributed by atoms with Crippen LogP contribution in [0.5, 0.6) is 11.5 Å². The molecule has 3 rings (SSSR count). The number of fused-ring (bicyclic) bond motifs is 1. The number of piperazine rings is 1. The SMILES string of the molecule is C[C@@H]1CNCCN1C(=O)CCSc1ccc2c(c1)OCCCO2.Cl. The highest BCUT2D eigenvalue weighted by molar-refractivity contribution is 7.99. The second-order valence-electron chi connectivity index (χ2n) is 5.90. The van der Waals surface area contributed by atoms with Crippen LogP contribution in [-0.2, 0) is 4.79 Å². The Hall–Kier alpha value is -1.11. The summed E-state index contributed by atoms with van der Waals surface area (Å²) in [7, 11) is 0. The van der Waals surface area contributed by atoms with E-state index in [2.05, 4.69) is 12.2 Å². The first-order valence-corrected chi connectivity index (χ1v) is 9.25. The molecule has 0 unspecified atom stereocenters. The van der Waals surface area contributed by atoms with Crippen molar-refractivity contribution in [2.75, 3.05) is 38.6 Å². The van der Waals surface area contributed by atoms with Crippen molar-refractivity contribution in [2.45, 2.75) is 30.7 Å². The summed E-state index contributed by atoms with van der Waals surface area (Å²) in [5.74, 6) is 2.67. The third-order valence-electron chi connectivity index (χ3n) is 4.13. The van der Waals surface area contributed by atoms with Gasteiger partial charge in [-0.1, -0.05) is 0 Å². The van der Waals surface area contributed by atoms with Gasteiger partial charge in [0, 0.05) is 49.2 Å². The number of carbonyl (C=O) groups is 1. The van der Waals surface area contributed by atoms with Gasteiger partial charge in [0.25, 0.3) is 0 Å². The van der Waals surface area contributed by atoms with Gasteiger partial charge in [-0.05, 0) is 25.1 Å². The molecule has 1 saturated heterocycles. The normalized spacial score (nSPS) is 20.0. The minimum absolute atomic E-state index is 0. The number of halogens is 1. The molecule has 0 spiro atoms. The van der Waals surface area contributed by atoms with Crippen molar-refractivity contribution < 1.29 is 14.3 Å². The number of nitrogens with one attached hydrogen (secondary N) is 1. The molecular formula is C17H25ClN2O3S. The Morgan fingerprint density at radius 2 is 2.12 bits per heavy atom. The van der Waals surface area contributed by atoms with E-state index in [1.165, 1.54) is 0 Å². The number of thioether (sulfide) groups is 1. The summed E-state index contributed by atoms with van der Waals surface area (Å²) in [5.41, 5.74) is 0. The van der Waals surface area contributed by atoms with Gasteiger partial charge in [0.05, 0.1) is 13.2 Å². The molecule has 2 aliphatic heterocycles. The molecule has 1 atom stereocenters. The standard InChI is InChI=1S/C17H24N2O3S.ClH/c1-13-12-18-6-7-19(13)17(20)5-10-23-14-3-4-15-16(11-14)22-9-2-8-21-15;/h3-4,11,13,18H,2,5-10,12H2,1H3;1H/t13-;/m1./s1. The van der Waals surface area contributed by atoms with E-state index in [0.29, 0.717) is 25.7 Å². The Morgan fingerprint density at radius 3 is 2.92 bits per heavy atom. The molecule has 134 valence electrons. The van der Waals surface area contributed by atoms with Crippen LogP contribution in [0.3, 0.4) is 0 Å². The van der Waals surface area contributed by atoms with Gasteiger partial charge in [0.15, 0.2) is 11.5 Å². The number of amides is 1. The molecule has 24 heavy (non-hydrogen) atoms. The lowest BCUT2D eigenvalue weighted by Gasteiger charge is -2.34. The Bertz CT molecular complexity index is 559. The van der Waals surface area contributed by atoms with E-state index in [4.69, 9.17) is 9.47 Å². The highest BCUT2D eigenvalue weighted by Gasteiger charge is 2.22. The molecule has 2 aliphatic rings. The molecule has 1 N–H and O–H groups in total. The van der Waals surface area contributed by atoms with Crippen LogP contribution in [0.2, 0.25) is 0 Å². The summed E-state index contributed by atoms with van der Waals surface area (Å²) in [6.07, 6.45) is 1.48. The zero-order valence-corrected chi connectivity index (χ0v) is 15.6. The molecule has 1 aromatic rings. The van der Waals surface area contributed by atoms with E-state index < -0.39 is 0 Å². The largest absolute Gasteiger partial charge is 0.490 e. The number of ether oxygens (including phenoxy) is 2. The number of hydrogen-bond acceptors (Lipinski definition) is 5. The van der Waals surface area contributed by atoms with Crippen LogP contribution < -0.4 is 14.8 Å². The van der Waals surface area contributed by atoms with Crippen LogP contribution in [0.1, 0.15) is 19.8 Å². The molecule has 0 bridgehead atoms. The van der Waals surface area contributed by atoms with E-state index in [0.717, 1.165) is 48.2 Å². The summed E-state index contributed by atoms with van der Waals surface area (Å²) >= 11 is 1.69. The summed E-state index contributed by atoms with van der Waals surface area (Å²) < 4.78 is 11.3. The zero-order valence-electron chi connectivity index (χ0n) is 14.0. The fraction of sp³-hybridized carbons (Fsp3) is 0.588. The lowest BCUT2D eigenvalue weighted by molar-refractivity contribution is -0.133. The van der Waals surface area contributed by atoms with Crippen LogP contribution in [0.4, 0.5) is 0 Å². The highest BCUT2D eigenvalue weighted by atomic mass is 35.5. The maximum Gasteiger partial charge on any atom is 0.223 e. The van der Waals surface area contributed by atoms with E-state index in [1.807, 2.05) is 23.1 Å². The Labute approximate surface area is 153 Å². The van der Waals surface area contributed by atoms with Gasteiger partial charge in [0.1, 0.15) is 0 Å². The number of rotatable bonds is 4. The van der Waals surface area contributed by atoms with Crippen molar-refractivity contribution in [3.8, 4) is 11.5 Å². The third kappa shape index (κ3) is 4.94. The Morgan fingerprint density at radius 1 is 1.33 bits per heavy atom. The molecule has 5 nitrogen and oxygen atoms in total. The third-order valence-corrected chi connectivity index (χ3v) is 5.12. The maximum atomic E-state index is 12.3. The van der Waals surface area contributed by atoms with Crippen molar-refractivity contribution in [1.82, 2.24) is 10.2 Å². The van der Waals surface area contributed by atoms with Crippen molar-refractivity contribution in [3.63, 3.8) is 0 Å². The van der Waals surface area contributed by atoms with Crippen LogP contribution in [-0.4, -0.2) is 55.4 Å². The zero-order chi connectivity index (χ0) is 16.1. The second-order valence-corrected chi connectivity index (χ2v) is 7.07. The molecule has 0 aromatic heterocycles. The minimum atomic E-state index is 0. The molecule has 1 fully saturated rings. The predicted molar refractivity (Wildman–Crippen MR) is 98.7 cm³/mol. The summed E-state index contributed by atoms with van der Waals surface area (Å²) in [4.78, 5) is 15.4. The molecule has 0 aliphatic carbocycles. The van der Waals surface area contributed by atoms with Gasteiger partial charge in [-0.3, -0.25) is 4.79 Å². The molecule has 2 heterocycles. The number of carbonyl (C=O) groups excluding carboxylic acids is 1. The number of nitrogens with zero attached hydrogens (tertiary/aromatic N) is 1. The second kappa shape index (κ2) is 9.39. The first-order chi connectivity index (χ1) is 11.2. The molecule has 1 amide bonds. The fourth-order valence-corrected chi connectivity index (χ4v) is 3.71. The van der Waals surface area contributed by atoms with E-state index in [1.54, 1.807) is 11.8 Å². The van der Waals surface area contributed by atoms with Gasteiger partial charge >= 0.3 is 0 Å². The topological polar surface area (TPSA) is 50.8 Å². The minimum Gasteiger partial charge on any atom is -0.490 e. The summed E-state index contributed by atoms with van der Waals surface area (Å²) in [6, 6.07) is 6.31. The van der Waals surface area contributed by atoms with E-state index in [-0.39, 0.29) is 18.3 Å². The molecule has 0 radical (unpaired) electrons. The lowest BCUT2D eigenvalue weighted by Crippen LogP contribution is -2.52. The van der Waals surface area contributed by atoms with Crippen LogP contribution >= 0.6 is 24.2 Å². The highest BCUT2D eigenvalue weighted by Crippen LogP contribution is 2.34. The molecule has 7 heteroatoms. The average molecular weight is 373 g/mol. The van der Waals surface area contributed by atoms with E-state index in [9.17, 15) is 4.79 Å². The quantitative estimate of drug-likeness (QED) is 0.823.